The average Bonchev–Trinajstić information content (AvgIpc) is 3.63. The zero-order valence-electron chi connectivity index (χ0n) is 27.7. The number of thioether (sulfide) groups is 1. The molecule has 0 bridgehead atoms. The van der Waals surface area contributed by atoms with Crippen LogP contribution in [0.15, 0.2) is 41.6 Å². The summed E-state index contributed by atoms with van der Waals surface area (Å²) in [6, 6.07) is 10.7. The molecule has 15 heteroatoms. The number of aryl methyl sites for hydroxylation is 1. The predicted octanol–water partition coefficient (Wildman–Crippen LogP) is 5.29. The van der Waals surface area contributed by atoms with Crippen LogP contribution in [0.2, 0.25) is 0 Å². The highest BCUT2D eigenvalue weighted by atomic mass is 32.2. The molecule has 2 amide bonds. The van der Waals surface area contributed by atoms with Crippen molar-refractivity contribution in [3.05, 3.63) is 74.9 Å². The summed E-state index contributed by atoms with van der Waals surface area (Å²) in [6.45, 7) is 9.23. The number of hydrogen-bond acceptors (Lipinski definition) is 12. The van der Waals surface area contributed by atoms with Crippen molar-refractivity contribution in [2.75, 3.05) is 38.5 Å². The minimum atomic E-state index is -0.654. The van der Waals surface area contributed by atoms with E-state index in [0.717, 1.165) is 39.9 Å². The number of nitrogens with one attached hydrogen (secondary N) is 2. The molecule has 4 rings (SSSR count). The molecule has 0 unspecified atom stereocenters. The molecule has 0 aliphatic rings. The van der Waals surface area contributed by atoms with E-state index >= 15 is 0 Å². The van der Waals surface area contributed by atoms with Crippen LogP contribution in [0.3, 0.4) is 0 Å². The quantitative estimate of drug-likeness (QED) is 0.130. The normalized spacial score (nSPS) is 10.7. The lowest BCUT2D eigenvalue weighted by atomic mass is 10.1. The van der Waals surface area contributed by atoms with Gasteiger partial charge in [0.25, 0.3) is 5.91 Å². The molecule has 0 aliphatic heterocycles. The Balaban J connectivity index is 1.58. The highest BCUT2D eigenvalue weighted by molar-refractivity contribution is 7.99. The fraction of sp³-hybridized carbons (Fsp3) is 0.333. The first-order chi connectivity index (χ1) is 23.0. The lowest BCUT2D eigenvalue weighted by Crippen LogP contribution is -2.25. The van der Waals surface area contributed by atoms with Gasteiger partial charge in [-0.25, -0.2) is 9.59 Å². The molecule has 2 heterocycles. The first kappa shape index (κ1) is 36.0. The summed E-state index contributed by atoms with van der Waals surface area (Å²) in [7, 11) is 3.01. The maximum absolute atomic E-state index is 13.3. The number of rotatable bonds is 14. The molecule has 2 N–H and O–H groups in total. The summed E-state index contributed by atoms with van der Waals surface area (Å²) < 4.78 is 22.7. The van der Waals surface area contributed by atoms with Gasteiger partial charge >= 0.3 is 11.9 Å². The SMILES string of the molecule is CCOC(=O)c1sc(NC(=O)CSc2nnc(CNC(=O)c3ccc(OC)c(OC)c3)n2-c2cccc(C)c2C)c(C(=O)OCC)c1C. The Morgan fingerprint density at radius 3 is 2.29 bits per heavy atom. The number of methoxy groups -OCH3 is 2. The van der Waals surface area contributed by atoms with E-state index < -0.39 is 17.8 Å². The zero-order valence-corrected chi connectivity index (χ0v) is 29.3. The summed E-state index contributed by atoms with van der Waals surface area (Å²) in [5.74, 6) is -0.781. The van der Waals surface area contributed by atoms with Gasteiger partial charge in [-0.1, -0.05) is 23.9 Å². The molecule has 0 radical (unpaired) electrons. The van der Waals surface area contributed by atoms with Crippen molar-refractivity contribution in [2.24, 2.45) is 0 Å². The van der Waals surface area contributed by atoms with Gasteiger partial charge in [0, 0.05) is 5.56 Å². The monoisotopic (exact) mass is 695 g/mol. The van der Waals surface area contributed by atoms with Gasteiger partial charge in [0.05, 0.1) is 51.0 Å². The molecule has 0 atom stereocenters. The largest absolute Gasteiger partial charge is 0.493 e. The molecule has 4 aromatic rings. The number of amides is 2. The van der Waals surface area contributed by atoms with Crippen molar-refractivity contribution in [3.8, 4) is 17.2 Å². The lowest BCUT2D eigenvalue weighted by molar-refractivity contribution is -0.113. The number of hydrogen-bond donors (Lipinski definition) is 2. The number of thiophene rings is 1. The van der Waals surface area contributed by atoms with E-state index in [4.69, 9.17) is 18.9 Å². The molecule has 0 saturated heterocycles. The van der Waals surface area contributed by atoms with Crippen molar-refractivity contribution >= 4 is 51.9 Å². The number of nitrogens with zero attached hydrogens (tertiary/aromatic N) is 3. The van der Waals surface area contributed by atoms with Crippen LogP contribution in [0.4, 0.5) is 5.00 Å². The molecule has 2 aromatic carbocycles. The van der Waals surface area contributed by atoms with Gasteiger partial charge in [0.1, 0.15) is 9.88 Å². The van der Waals surface area contributed by atoms with Gasteiger partial charge in [0.15, 0.2) is 22.5 Å². The summed E-state index contributed by atoms with van der Waals surface area (Å²) in [4.78, 5) is 51.9. The smallest absolute Gasteiger partial charge is 0.348 e. The molecule has 2 aromatic heterocycles. The number of ether oxygens (including phenoxy) is 4. The second-order valence-electron chi connectivity index (χ2n) is 10.2. The van der Waals surface area contributed by atoms with Gasteiger partial charge in [-0.3, -0.25) is 14.2 Å². The standard InChI is InChI=1S/C33H37N5O8S2/c1-8-45-31(41)27-20(5)28(32(42)46-9-2)48-30(27)35-26(39)17-47-33-37-36-25(38(33)22-12-10-11-18(3)19(22)4)16-34-29(40)21-13-14-23(43-6)24(15-21)44-7/h10-15H,8-9,16-17H2,1-7H3,(H,34,40)(H,35,39). The molecular formula is C33H37N5O8S2. The Bertz CT molecular complexity index is 1830. The van der Waals surface area contributed by atoms with E-state index in [0.29, 0.717) is 33.6 Å². The molecule has 0 spiro atoms. The minimum Gasteiger partial charge on any atom is -0.493 e. The summed E-state index contributed by atoms with van der Waals surface area (Å²) in [5, 5.41) is 14.9. The number of anilines is 1. The maximum Gasteiger partial charge on any atom is 0.348 e. The van der Waals surface area contributed by atoms with Crippen molar-refractivity contribution in [1.82, 2.24) is 20.1 Å². The van der Waals surface area contributed by atoms with Crippen LogP contribution < -0.4 is 20.1 Å². The Morgan fingerprint density at radius 1 is 0.896 bits per heavy atom. The van der Waals surface area contributed by atoms with Gasteiger partial charge in [-0.05, 0) is 75.6 Å². The molecule has 48 heavy (non-hydrogen) atoms. The number of carbonyl (C=O) groups is 4. The van der Waals surface area contributed by atoms with Crippen molar-refractivity contribution in [1.29, 1.82) is 0 Å². The molecule has 254 valence electrons. The Hall–Kier alpha value is -4.89. The van der Waals surface area contributed by atoms with Gasteiger partial charge < -0.3 is 29.6 Å². The van der Waals surface area contributed by atoms with E-state index in [2.05, 4.69) is 20.8 Å². The fourth-order valence-electron chi connectivity index (χ4n) is 4.70. The second-order valence-corrected chi connectivity index (χ2v) is 12.2. The van der Waals surface area contributed by atoms with Gasteiger partial charge in [-0.15, -0.1) is 21.5 Å². The number of aromatic nitrogens is 3. The van der Waals surface area contributed by atoms with E-state index in [9.17, 15) is 19.2 Å². The third-order valence-corrected chi connectivity index (χ3v) is 9.36. The maximum atomic E-state index is 13.3. The predicted molar refractivity (Wildman–Crippen MR) is 182 cm³/mol. The molecular weight excluding hydrogens is 659 g/mol. The van der Waals surface area contributed by atoms with Crippen LogP contribution in [0.5, 0.6) is 11.5 Å². The van der Waals surface area contributed by atoms with Gasteiger partial charge in [-0.2, -0.15) is 0 Å². The van der Waals surface area contributed by atoms with E-state index in [1.807, 2.05) is 32.0 Å². The molecule has 0 saturated carbocycles. The van der Waals surface area contributed by atoms with Crippen molar-refractivity contribution in [3.63, 3.8) is 0 Å². The highest BCUT2D eigenvalue weighted by Gasteiger charge is 2.28. The second kappa shape index (κ2) is 16.3. The van der Waals surface area contributed by atoms with E-state index in [1.165, 1.54) is 14.2 Å². The third kappa shape index (κ3) is 7.97. The molecule has 13 nitrogen and oxygen atoms in total. The van der Waals surface area contributed by atoms with E-state index in [1.54, 1.807) is 43.5 Å². The topological polar surface area (TPSA) is 160 Å². The number of esters is 2. The minimum absolute atomic E-state index is 0.0360. The van der Waals surface area contributed by atoms with Crippen LogP contribution in [-0.4, -0.2) is 71.7 Å². The number of benzene rings is 2. The van der Waals surface area contributed by atoms with Crippen LogP contribution >= 0.6 is 23.1 Å². The summed E-state index contributed by atoms with van der Waals surface area (Å²) >= 11 is 2.08. The zero-order chi connectivity index (χ0) is 35.0. The van der Waals surface area contributed by atoms with Crippen LogP contribution in [0, 0.1) is 20.8 Å². The Morgan fingerprint density at radius 2 is 1.60 bits per heavy atom. The number of carbonyl (C=O) groups excluding carboxylic acids is 4. The lowest BCUT2D eigenvalue weighted by Gasteiger charge is -2.15. The van der Waals surface area contributed by atoms with E-state index in [-0.39, 0.29) is 46.9 Å². The van der Waals surface area contributed by atoms with Crippen LogP contribution in [0.25, 0.3) is 5.69 Å². The highest BCUT2D eigenvalue weighted by Crippen LogP contribution is 2.35. The van der Waals surface area contributed by atoms with Crippen molar-refractivity contribution in [2.45, 2.75) is 46.3 Å². The van der Waals surface area contributed by atoms with Crippen LogP contribution in [0.1, 0.15) is 66.7 Å². The average molecular weight is 696 g/mol. The molecule has 0 aliphatic carbocycles. The Labute approximate surface area is 286 Å². The Kier molecular flexibility index (Phi) is 12.2. The molecule has 0 fully saturated rings. The summed E-state index contributed by atoms with van der Waals surface area (Å²) in [5.41, 5.74) is 3.64. The first-order valence-electron chi connectivity index (χ1n) is 15.0. The van der Waals surface area contributed by atoms with Crippen LogP contribution in [-0.2, 0) is 20.8 Å². The summed E-state index contributed by atoms with van der Waals surface area (Å²) in [6.07, 6.45) is 0. The van der Waals surface area contributed by atoms with Gasteiger partial charge in [0.2, 0.25) is 5.91 Å². The third-order valence-electron chi connectivity index (χ3n) is 7.24. The van der Waals surface area contributed by atoms with Crippen molar-refractivity contribution < 1.29 is 38.1 Å². The first-order valence-corrected chi connectivity index (χ1v) is 16.8. The fourth-order valence-corrected chi connectivity index (χ4v) is 6.57.